The van der Waals surface area contributed by atoms with Crippen LogP contribution in [0.1, 0.15) is 25.8 Å². The number of nitrogens with two attached hydrogens (primary N) is 1. The smallest absolute Gasteiger partial charge is 0.251 e. The number of nitrogens with one attached hydrogen (secondary N) is 2. The number of halogens is 1. The minimum absolute atomic E-state index is 0.226. The molecule has 0 heterocycles. The van der Waals surface area contributed by atoms with Crippen LogP contribution in [0.4, 0.5) is 0 Å². The van der Waals surface area contributed by atoms with E-state index in [4.69, 9.17) is 5.73 Å². The number of hydrogen-bond acceptors (Lipinski definition) is 4. The van der Waals surface area contributed by atoms with E-state index in [-0.39, 0.29) is 11.8 Å². The number of rotatable bonds is 8. The van der Waals surface area contributed by atoms with Gasteiger partial charge in [0, 0.05) is 6.04 Å². The predicted molar refractivity (Wildman–Crippen MR) is 97.7 cm³/mol. The second kappa shape index (κ2) is 9.84. The van der Waals surface area contributed by atoms with Crippen molar-refractivity contribution in [2.45, 2.75) is 44.9 Å². The highest BCUT2D eigenvalue weighted by Gasteiger charge is 2.28. The first kappa shape index (κ1) is 19.9. The van der Waals surface area contributed by atoms with Crippen LogP contribution in [-0.4, -0.2) is 35.1 Å². The number of hydrogen-bond donors (Lipinski definition) is 4. The number of carbonyl (C=O) groups excluding carboxylic acids is 2. The van der Waals surface area contributed by atoms with Crippen LogP contribution >= 0.6 is 22.9 Å². The van der Waals surface area contributed by atoms with Gasteiger partial charge < -0.3 is 16.2 Å². The summed E-state index contributed by atoms with van der Waals surface area (Å²) in [5, 5.41) is 12.7. The number of amides is 2. The van der Waals surface area contributed by atoms with Gasteiger partial charge in [-0.15, -0.1) is 0 Å². The molecule has 1 aromatic rings. The molecule has 5 N–H and O–H groups in total. The third-order valence-corrected chi connectivity index (χ3v) is 3.95. The highest BCUT2D eigenvalue weighted by Crippen LogP contribution is 2.08. The van der Waals surface area contributed by atoms with E-state index in [1.54, 1.807) is 22.9 Å². The van der Waals surface area contributed by atoms with Gasteiger partial charge in [-0.25, -0.2) is 0 Å². The second-order valence-electron chi connectivity index (χ2n) is 5.95. The van der Waals surface area contributed by atoms with Gasteiger partial charge in [-0.3, -0.25) is 13.1 Å². The Hall–Kier alpha value is -1.19. The maximum Gasteiger partial charge on any atom is 0.251 e. The number of aliphatic hydroxyl groups is 1. The monoisotopic (exact) mass is 433 g/mol. The first-order chi connectivity index (χ1) is 10.8. The van der Waals surface area contributed by atoms with Gasteiger partial charge in [0.2, 0.25) is 0 Å². The van der Waals surface area contributed by atoms with Crippen molar-refractivity contribution in [3.8, 4) is 0 Å². The summed E-state index contributed by atoms with van der Waals surface area (Å²) in [7, 11) is 0. The average Bonchev–Trinajstić information content (AvgIpc) is 2.53. The van der Waals surface area contributed by atoms with Gasteiger partial charge in [-0.1, -0.05) is 44.2 Å². The van der Waals surface area contributed by atoms with Crippen molar-refractivity contribution < 1.29 is 14.7 Å². The van der Waals surface area contributed by atoms with Crippen LogP contribution < -0.4 is 14.6 Å². The molecule has 3 atom stereocenters. The molecular formula is C16H24IN3O3. The summed E-state index contributed by atoms with van der Waals surface area (Å²) in [5.74, 6) is -0.695. The highest BCUT2D eigenvalue weighted by atomic mass is 127. The van der Waals surface area contributed by atoms with E-state index in [0.29, 0.717) is 12.8 Å². The standard InChI is InChI=1S/C16H24IN3O3/c1-10(2)8-13(15(22)20-17)19-16(23)14(21)12(18)9-11-6-4-3-5-7-11/h3-7,10,12-14,21H,8-9,18H2,1-2H3,(H,19,23)(H,20,22)/t12-,13+,14+/m1/s1. The normalized spacial score (nSPS) is 14.9. The van der Waals surface area contributed by atoms with Gasteiger partial charge >= 0.3 is 0 Å². The van der Waals surface area contributed by atoms with Crippen LogP contribution in [0.3, 0.4) is 0 Å². The Morgan fingerprint density at radius 2 is 1.83 bits per heavy atom. The molecule has 0 saturated heterocycles. The van der Waals surface area contributed by atoms with Crippen molar-refractivity contribution in [1.29, 1.82) is 0 Å². The average molecular weight is 433 g/mol. The summed E-state index contributed by atoms with van der Waals surface area (Å²) in [6.45, 7) is 3.91. The number of benzene rings is 1. The summed E-state index contributed by atoms with van der Waals surface area (Å²) in [6.07, 6.45) is -0.504. The van der Waals surface area contributed by atoms with Crippen molar-refractivity contribution in [2.75, 3.05) is 0 Å². The van der Waals surface area contributed by atoms with E-state index in [1.165, 1.54) is 0 Å². The largest absolute Gasteiger partial charge is 0.382 e. The molecule has 1 rings (SSSR count). The summed E-state index contributed by atoms with van der Waals surface area (Å²) in [6, 6.07) is 7.98. The topological polar surface area (TPSA) is 104 Å². The molecule has 0 aromatic heterocycles. The predicted octanol–water partition coefficient (Wildman–Crippen LogP) is 0.914. The maximum absolute atomic E-state index is 12.2. The van der Waals surface area contributed by atoms with Gasteiger partial charge in [0.1, 0.15) is 12.1 Å². The molecule has 0 fully saturated rings. The Labute approximate surface area is 150 Å². The van der Waals surface area contributed by atoms with E-state index in [0.717, 1.165) is 5.56 Å². The molecule has 2 amide bonds. The van der Waals surface area contributed by atoms with Crippen LogP contribution in [-0.2, 0) is 16.0 Å². The van der Waals surface area contributed by atoms with Gasteiger partial charge in [0.05, 0.1) is 22.9 Å². The molecule has 6 nitrogen and oxygen atoms in total. The number of aliphatic hydroxyl groups excluding tert-OH is 1. The lowest BCUT2D eigenvalue weighted by molar-refractivity contribution is -0.134. The van der Waals surface area contributed by atoms with E-state index >= 15 is 0 Å². The third-order valence-electron chi connectivity index (χ3n) is 3.42. The van der Waals surface area contributed by atoms with Crippen LogP contribution in [0.2, 0.25) is 0 Å². The summed E-state index contributed by atoms with van der Waals surface area (Å²) >= 11 is 1.73. The van der Waals surface area contributed by atoms with Crippen LogP contribution in [0.15, 0.2) is 30.3 Å². The van der Waals surface area contributed by atoms with Crippen molar-refractivity contribution in [3.63, 3.8) is 0 Å². The fourth-order valence-electron chi connectivity index (χ4n) is 2.22. The molecule has 0 aliphatic rings. The molecular weight excluding hydrogens is 409 g/mol. The minimum atomic E-state index is -1.37. The quantitative estimate of drug-likeness (QED) is 0.362. The van der Waals surface area contributed by atoms with E-state index in [1.807, 2.05) is 44.2 Å². The van der Waals surface area contributed by atoms with E-state index in [9.17, 15) is 14.7 Å². The molecule has 0 saturated carbocycles. The molecule has 0 aliphatic carbocycles. The molecule has 0 radical (unpaired) electrons. The SMILES string of the molecule is CC(C)C[C@H](NC(=O)[C@@H](O)[C@H](N)Cc1ccccc1)C(=O)NI. The molecule has 128 valence electrons. The van der Waals surface area contributed by atoms with E-state index in [2.05, 4.69) is 8.85 Å². The van der Waals surface area contributed by atoms with Crippen molar-refractivity contribution in [1.82, 2.24) is 8.85 Å². The molecule has 0 spiro atoms. The second-order valence-corrected chi connectivity index (χ2v) is 6.49. The van der Waals surface area contributed by atoms with Gasteiger partial charge in [0.25, 0.3) is 11.8 Å². The van der Waals surface area contributed by atoms with Crippen LogP contribution in [0.25, 0.3) is 0 Å². The first-order valence-corrected chi connectivity index (χ1v) is 8.61. The fraction of sp³-hybridized carbons (Fsp3) is 0.500. The lowest BCUT2D eigenvalue weighted by Crippen LogP contribution is -2.53. The summed E-state index contributed by atoms with van der Waals surface area (Å²) < 4.78 is 2.49. The molecule has 7 heteroatoms. The molecule has 0 bridgehead atoms. The lowest BCUT2D eigenvalue weighted by Gasteiger charge is -2.23. The maximum atomic E-state index is 12.2. The fourth-order valence-corrected chi connectivity index (χ4v) is 2.59. The molecule has 1 aromatic carbocycles. The zero-order valence-electron chi connectivity index (χ0n) is 13.3. The molecule has 23 heavy (non-hydrogen) atoms. The van der Waals surface area contributed by atoms with Gasteiger partial charge in [0.15, 0.2) is 0 Å². The van der Waals surface area contributed by atoms with E-state index < -0.39 is 24.1 Å². The number of carbonyl (C=O) groups is 2. The lowest BCUT2D eigenvalue weighted by atomic mass is 10.00. The summed E-state index contributed by atoms with van der Waals surface area (Å²) in [5.41, 5.74) is 6.86. The minimum Gasteiger partial charge on any atom is -0.382 e. The van der Waals surface area contributed by atoms with Gasteiger partial charge in [-0.05, 0) is 24.3 Å². The van der Waals surface area contributed by atoms with Gasteiger partial charge in [-0.2, -0.15) is 0 Å². The highest BCUT2D eigenvalue weighted by molar-refractivity contribution is 14.1. The van der Waals surface area contributed by atoms with Crippen molar-refractivity contribution in [3.05, 3.63) is 35.9 Å². The molecule has 0 unspecified atom stereocenters. The zero-order chi connectivity index (χ0) is 17.4. The van der Waals surface area contributed by atoms with Crippen molar-refractivity contribution >= 4 is 34.7 Å². The Morgan fingerprint density at radius 3 is 2.35 bits per heavy atom. The first-order valence-electron chi connectivity index (χ1n) is 7.53. The third kappa shape index (κ3) is 6.84. The Balaban J connectivity index is 2.64. The summed E-state index contributed by atoms with van der Waals surface area (Å²) in [4.78, 5) is 24.0. The van der Waals surface area contributed by atoms with Crippen LogP contribution in [0.5, 0.6) is 0 Å². The van der Waals surface area contributed by atoms with Crippen molar-refractivity contribution in [2.24, 2.45) is 11.7 Å². The Bertz CT molecular complexity index is 511. The Morgan fingerprint density at radius 1 is 1.22 bits per heavy atom. The molecule has 0 aliphatic heterocycles. The zero-order valence-corrected chi connectivity index (χ0v) is 15.5. The van der Waals surface area contributed by atoms with Crippen LogP contribution in [0, 0.1) is 5.92 Å². The Kier molecular flexibility index (Phi) is 8.49.